The van der Waals surface area contributed by atoms with E-state index in [0.717, 1.165) is 48.8 Å². The molecule has 0 saturated heterocycles. The van der Waals surface area contributed by atoms with Crippen LogP contribution in [0.1, 0.15) is 43.4 Å². The third-order valence-corrected chi connectivity index (χ3v) is 5.44. The standard InChI is InChI=1S/C20H25N3O/c24-20-17-11-12-23(13-15-7-3-1-4-8-15)14-18(17)21-19(22-20)16-9-5-2-6-10-16/h2,5-6,9-10,15H,1,3-4,7-8,11-14H2,(H,21,22,24). The van der Waals surface area contributed by atoms with Crippen LogP contribution < -0.4 is 5.56 Å². The summed E-state index contributed by atoms with van der Waals surface area (Å²) in [5, 5.41) is 0. The summed E-state index contributed by atoms with van der Waals surface area (Å²) in [6.45, 7) is 2.96. The van der Waals surface area contributed by atoms with Gasteiger partial charge in [0.2, 0.25) is 0 Å². The minimum absolute atomic E-state index is 0.0381. The Morgan fingerprint density at radius 1 is 1.12 bits per heavy atom. The smallest absolute Gasteiger partial charge is 0.254 e. The van der Waals surface area contributed by atoms with Crippen LogP contribution in [0.4, 0.5) is 0 Å². The molecule has 4 nitrogen and oxygen atoms in total. The molecule has 1 fully saturated rings. The van der Waals surface area contributed by atoms with E-state index in [1.54, 1.807) is 0 Å². The number of hydrogen-bond donors (Lipinski definition) is 1. The summed E-state index contributed by atoms with van der Waals surface area (Å²) in [7, 11) is 0. The van der Waals surface area contributed by atoms with Gasteiger partial charge in [0, 0.05) is 30.8 Å². The second-order valence-corrected chi connectivity index (χ2v) is 7.19. The first kappa shape index (κ1) is 15.6. The Balaban J connectivity index is 1.55. The average Bonchev–Trinajstić information content (AvgIpc) is 2.63. The highest BCUT2D eigenvalue weighted by Gasteiger charge is 2.24. The Morgan fingerprint density at radius 3 is 2.71 bits per heavy atom. The van der Waals surface area contributed by atoms with Gasteiger partial charge < -0.3 is 4.98 Å². The number of aromatic amines is 1. The lowest BCUT2D eigenvalue weighted by molar-refractivity contribution is 0.184. The Bertz CT molecular complexity index is 747. The van der Waals surface area contributed by atoms with Crippen molar-refractivity contribution in [1.82, 2.24) is 14.9 Å². The van der Waals surface area contributed by atoms with E-state index >= 15 is 0 Å². The van der Waals surface area contributed by atoms with Gasteiger partial charge in [0.15, 0.2) is 0 Å². The maximum absolute atomic E-state index is 12.4. The van der Waals surface area contributed by atoms with Crippen molar-refractivity contribution >= 4 is 0 Å². The van der Waals surface area contributed by atoms with Crippen LogP contribution in [-0.2, 0) is 13.0 Å². The molecule has 0 unspecified atom stereocenters. The van der Waals surface area contributed by atoms with E-state index in [1.807, 2.05) is 30.3 Å². The molecule has 2 heterocycles. The Hall–Kier alpha value is -1.94. The molecule has 0 spiro atoms. The van der Waals surface area contributed by atoms with Gasteiger partial charge in [0.25, 0.3) is 5.56 Å². The second-order valence-electron chi connectivity index (χ2n) is 7.19. The molecule has 0 bridgehead atoms. The Labute approximate surface area is 142 Å². The first-order chi connectivity index (χ1) is 11.8. The summed E-state index contributed by atoms with van der Waals surface area (Å²) < 4.78 is 0. The maximum atomic E-state index is 12.4. The monoisotopic (exact) mass is 323 g/mol. The van der Waals surface area contributed by atoms with Crippen molar-refractivity contribution in [2.75, 3.05) is 13.1 Å². The zero-order chi connectivity index (χ0) is 16.4. The molecule has 4 rings (SSSR count). The molecular formula is C20H25N3O. The van der Waals surface area contributed by atoms with Crippen LogP contribution in [0.25, 0.3) is 11.4 Å². The van der Waals surface area contributed by atoms with Crippen molar-refractivity contribution in [3.8, 4) is 11.4 Å². The normalized spacial score (nSPS) is 19.2. The number of hydrogen-bond acceptors (Lipinski definition) is 3. The predicted molar refractivity (Wildman–Crippen MR) is 95.8 cm³/mol. The second kappa shape index (κ2) is 6.89. The lowest BCUT2D eigenvalue weighted by atomic mass is 9.88. The highest BCUT2D eigenvalue weighted by atomic mass is 16.1. The van der Waals surface area contributed by atoms with E-state index in [4.69, 9.17) is 4.98 Å². The van der Waals surface area contributed by atoms with Gasteiger partial charge in [-0.1, -0.05) is 49.6 Å². The van der Waals surface area contributed by atoms with Gasteiger partial charge in [-0.2, -0.15) is 0 Å². The maximum Gasteiger partial charge on any atom is 0.254 e. The van der Waals surface area contributed by atoms with Crippen LogP contribution in [0.2, 0.25) is 0 Å². The molecule has 0 amide bonds. The first-order valence-electron chi connectivity index (χ1n) is 9.19. The summed E-state index contributed by atoms with van der Waals surface area (Å²) in [4.78, 5) is 22.7. The van der Waals surface area contributed by atoms with Gasteiger partial charge in [0.05, 0.1) is 5.69 Å². The lowest BCUT2D eigenvalue weighted by Crippen LogP contribution is -2.38. The van der Waals surface area contributed by atoms with Crippen molar-refractivity contribution in [2.45, 2.75) is 45.1 Å². The van der Waals surface area contributed by atoms with Gasteiger partial charge in [-0.15, -0.1) is 0 Å². The number of nitrogens with one attached hydrogen (secondary N) is 1. The lowest BCUT2D eigenvalue weighted by Gasteiger charge is -2.32. The highest BCUT2D eigenvalue weighted by Crippen LogP contribution is 2.26. The summed E-state index contributed by atoms with van der Waals surface area (Å²) >= 11 is 0. The van der Waals surface area contributed by atoms with Gasteiger partial charge in [-0.05, 0) is 25.2 Å². The first-order valence-corrected chi connectivity index (χ1v) is 9.19. The number of fused-ring (bicyclic) bond motifs is 1. The van der Waals surface area contributed by atoms with Crippen LogP contribution in [0, 0.1) is 5.92 Å². The van der Waals surface area contributed by atoms with E-state index in [1.165, 1.54) is 32.1 Å². The molecule has 1 aromatic carbocycles. The molecule has 1 N–H and O–H groups in total. The molecular weight excluding hydrogens is 298 g/mol. The molecule has 126 valence electrons. The molecule has 2 aromatic rings. The average molecular weight is 323 g/mol. The van der Waals surface area contributed by atoms with E-state index in [2.05, 4.69) is 9.88 Å². The third kappa shape index (κ3) is 3.29. The highest BCUT2D eigenvalue weighted by molar-refractivity contribution is 5.54. The molecule has 1 saturated carbocycles. The number of benzene rings is 1. The zero-order valence-corrected chi connectivity index (χ0v) is 14.1. The number of nitrogens with zero attached hydrogens (tertiary/aromatic N) is 2. The molecule has 4 heteroatoms. The number of H-pyrrole nitrogens is 1. The topological polar surface area (TPSA) is 49.0 Å². The summed E-state index contributed by atoms with van der Waals surface area (Å²) in [6.07, 6.45) is 7.70. The quantitative estimate of drug-likeness (QED) is 0.942. The molecule has 1 aromatic heterocycles. The Morgan fingerprint density at radius 2 is 1.92 bits per heavy atom. The van der Waals surface area contributed by atoms with E-state index in [0.29, 0.717) is 5.82 Å². The van der Waals surface area contributed by atoms with Gasteiger partial charge in [-0.3, -0.25) is 9.69 Å². The van der Waals surface area contributed by atoms with Crippen LogP contribution in [0.5, 0.6) is 0 Å². The van der Waals surface area contributed by atoms with Crippen molar-refractivity contribution < 1.29 is 0 Å². The van der Waals surface area contributed by atoms with Gasteiger partial charge in [0.1, 0.15) is 5.82 Å². The molecule has 1 aliphatic carbocycles. The van der Waals surface area contributed by atoms with Crippen LogP contribution in [-0.4, -0.2) is 28.0 Å². The SMILES string of the molecule is O=c1[nH]c(-c2ccccc2)nc2c1CCN(CC1CCCCC1)C2. The summed E-state index contributed by atoms with van der Waals surface area (Å²) in [5.74, 6) is 1.52. The fraction of sp³-hybridized carbons (Fsp3) is 0.500. The fourth-order valence-corrected chi connectivity index (χ4v) is 4.12. The van der Waals surface area contributed by atoms with Crippen LogP contribution >= 0.6 is 0 Å². The van der Waals surface area contributed by atoms with Crippen LogP contribution in [0.15, 0.2) is 35.1 Å². The Kier molecular flexibility index (Phi) is 4.48. The van der Waals surface area contributed by atoms with Crippen molar-refractivity contribution in [1.29, 1.82) is 0 Å². The molecule has 1 aliphatic heterocycles. The van der Waals surface area contributed by atoms with E-state index in [9.17, 15) is 4.79 Å². The molecule has 24 heavy (non-hydrogen) atoms. The number of rotatable bonds is 3. The van der Waals surface area contributed by atoms with E-state index < -0.39 is 0 Å². The molecule has 2 aliphatic rings. The van der Waals surface area contributed by atoms with Gasteiger partial charge >= 0.3 is 0 Å². The van der Waals surface area contributed by atoms with Crippen molar-refractivity contribution in [3.05, 3.63) is 51.9 Å². The van der Waals surface area contributed by atoms with Crippen molar-refractivity contribution in [2.24, 2.45) is 5.92 Å². The summed E-state index contributed by atoms with van der Waals surface area (Å²) in [6, 6.07) is 9.92. The van der Waals surface area contributed by atoms with E-state index in [-0.39, 0.29) is 5.56 Å². The van der Waals surface area contributed by atoms with Crippen molar-refractivity contribution in [3.63, 3.8) is 0 Å². The molecule has 0 atom stereocenters. The zero-order valence-electron chi connectivity index (χ0n) is 14.1. The summed E-state index contributed by atoms with van der Waals surface area (Å²) in [5.41, 5.74) is 2.87. The van der Waals surface area contributed by atoms with Gasteiger partial charge in [-0.25, -0.2) is 4.98 Å². The minimum Gasteiger partial charge on any atom is -0.306 e. The third-order valence-electron chi connectivity index (χ3n) is 5.44. The van der Waals surface area contributed by atoms with Crippen LogP contribution in [0.3, 0.4) is 0 Å². The fourth-order valence-electron chi connectivity index (χ4n) is 4.12. The largest absolute Gasteiger partial charge is 0.306 e. The molecule has 0 radical (unpaired) electrons. The predicted octanol–water partition coefficient (Wildman–Crippen LogP) is 3.38. The minimum atomic E-state index is 0.0381. The number of aromatic nitrogens is 2.